The second-order valence-corrected chi connectivity index (χ2v) is 4.27. The van der Waals surface area contributed by atoms with Gasteiger partial charge in [0.25, 0.3) is 0 Å². The number of aliphatic hydroxyl groups is 1. The minimum absolute atomic E-state index is 0.436. The van der Waals surface area contributed by atoms with Crippen molar-refractivity contribution in [1.29, 1.82) is 0 Å². The van der Waals surface area contributed by atoms with Crippen molar-refractivity contribution in [3.05, 3.63) is 52.3 Å². The smallest absolute Gasteiger partial charge is 0.386 e. The van der Waals surface area contributed by atoms with Gasteiger partial charge in [-0.25, -0.2) is 4.68 Å². The van der Waals surface area contributed by atoms with Crippen LogP contribution in [-0.2, 0) is 0 Å². The summed E-state index contributed by atoms with van der Waals surface area (Å²) in [5.41, 5.74) is -0.831. The molecule has 9 heteroatoms. The highest BCUT2D eigenvalue weighted by molar-refractivity contribution is 5.40. The molecule has 0 aliphatic carbocycles. The monoisotopic (exact) mass is 301 g/mol. The zero-order chi connectivity index (χ0) is 15.6. The summed E-state index contributed by atoms with van der Waals surface area (Å²) >= 11 is 0. The molecule has 1 unspecified atom stereocenters. The average molecular weight is 301 g/mol. The van der Waals surface area contributed by atoms with Crippen LogP contribution < -0.4 is 0 Å². The Morgan fingerprint density at radius 2 is 1.95 bits per heavy atom. The number of rotatable bonds is 4. The molecule has 112 valence electrons. The lowest BCUT2D eigenvalue weighted by atomic mass is 10.1. The van der Waals surface area contributed by atoms with Crippen LogP contribution in [0.25, 0.3) is 5.69 Å². The van der Waals surface area contributed by atoms with E-state index in [4.69, 9.17) is 0 Å². The van der Waals surface area contributed by atoms with Crippen LogP contribution in [0.15, 0.2) is 36.5 Å². The van der Waals surface area contributed by atoms with Gasteiger partial charge in [-0.05, 0) is 12.1 Å². The molecule has 0 saturated carbocycles. The summed E-state index contributed by atoms with van der Waals surface area (Å²) in [7, 11) is 0. The standard InChI is InChI=1S/C12H10F3N3O3/c13-12(14,15)6-10(19)11-9(18(20)21)7-17(16-11)8-4-2-1-3-5-8/h1-5,7,10,19H,6H2. The van der Waals surface area contributed by atoms with Gasteiger partial charge in [-0.2, -0.15) is 18.3 Å². The second kappa shape index (κ2) is 5.52. The van der Waals surface area contributed by atoms with Gasteiger partial charge in [0.15, 0.2) is 5.69 Å². The van der Waals surface area contributed by atoms with E-state index in [2.05, 4.69) is 5.10 Å². The summed E-state index contributed by atoms with van der Waals surface area (Å²) in [5.74, 6) is 0. The van der Waals surface area contributed by atoms with Gasteiger partial charge in [0.1, 0.15) is 12.3 Å². The maximum atomic E-state index is 12.3. The van der Waals surface area contributed by atoms with Crippen LogP contribution in [0.3, 0.4) is 0 Å². The van der Waals surface area contributed by atoms with E-state index in [-0.39, 0.29) is 0 Å². The van der Waals surface area contributed by atoms with Crippen LogP contribution in [0.1, 0.15) is 18.2 Å². The third-order valence-electron chi connectivity index (χ3n) is 2.68. The van der Waals surface area contributed by atoms with Crippen molar-refractivity contribution in [1.82, 2.24) is 9.78 Å². The third-order valence-corrected chi connectivity index (χ3v) is 2.68. The Labute approximate surface area is 116 Å². The van der Waals surface area contributed by atoms with E-state index in [1.807, 2.05) is 0 Å². The van der Waals surface area contributed by atoms with Crippen LogP contribution in [0.2, 0.25) is 0 Å². The first-order valence-electron chi connectivity index (χ1n) is 5.82. The number of hydrogen-bond donors (Lipinski definition) is 1. The second-order valence-electron chi connectivity index (χ2n) is 4.27. The summed E-state index contributed by atoms with van der Waals surface area (Å²) in [6.45, 7) is 0. The van der Waals surface area contributed by atoms with E-state index in [9.17, 15) is 28.4 Å². The molecular weight excluding hydrogens is 291 g/mol. The number of para-hydroxylation sites is 1. The number of hydrogen-bond acceptors (Lipinski definition) is 4. The molecule has 0 aliphatic rings. The van der Waals surface area contributed by atoms with E-state index < -0.39 is 35.0 Å². The highest BCUT2D eigenvalue weighted by atomic mass is 19.4. The molecular formula is C12H10F3N3O3. The molecule has 21 heavy (non-hydrogen) atoms. The van der Waals surface area contributed by atoms with Crippen LogP contribution in [0.4, 0.5) is 18.9 Å². The third kappa shape index (κ3) is 3.57. The molecule has 1 N–H and O–H groups in total. The van der Waals surface area contributed by atoms with Crippen molar-refractivity contribution in [2.75, 3.05) is 0 Å². The zero-order valence-corrected chi connectivity index (χ0v) is 10.5. The van der Waals surface area contributed by atoms with E-state index >= 15 is 0 Å². The number of aromatic nitrogens is 2. The largest absolute Gasteiger partial charge is 0.391 e. The molecule has 1 aromatic heterocycles. The summed E-state index contributed by atoms with van der Waals surface area (Å²) in [6, 6.07) is 8.16. The predicted molar refractivity (Wildman–Crippen MR) is 65.9 cm³/mol. The van der Waals surface area contributed by atoms with Gasteiger partial charge in [-0.3, -0.25) is 10.1 Å². The molecule has 2 rings (SSSR count). The van der Waals surface area contributed by atoms with Crippen LogP contribution >= 0.6 is 0 Å². The molecule has 6 nitrogen and oxygen atoms in total. The first kappa shape index (κ1) is 15.0. The molecule has 2 aromatic rings. The molecule has 0 fully saturated rings. The van der Waals surface area contributed by atoms with E-state index in [1.165, 1.54) is 0 Å². The van der Waals surface area contributed by atoms with Crippen LogP contribution in [0, 0.1) is 10.1 Å². The molecule has 1 aromatic carbocycles. The molecule has 0 saturated heterocycles. The number of nitro groups is 1. The molecule has 1 heterocycles. The van der Waals surface area contributed by atoms with Gasteiger partial charge in [0.2, 0.25) is 0 Å². The summed E-state index contributed by atoms with van der Waals surface area (Å²) in [4.78, 5) is 10.0. The number of aliphatic hydroxyl groups excluding tert-OH is 1. The van der Waals surface area contributed by atoms with Gasteiger partial charge in [-0.1, -0.05) is 18.2 Å². The minimum atomic E-state index is -4.65. The minimum Gasteiger partial charge on any atom is -0.386 e. The lowest BCUT2D eigenvalue weighted by Crippen LogP contribution is -2.15. The Balaban J connectivity index is 2.41. The van der Waals surface area contributed by atoms with Gasteiger partial charge in [0, 0.05) is 0 Å². The Morgan fingerprint density at radius 3 is 2.48 bits per heavy atom. The maximum Gasteiger partial charge on any atom is 0.391 e. The van der Waals surface area contributed by atoms with E-state index in [1.54, 1.807) is 30.3 Å². The average Bonchev–Trinajstić information content (AvgIpc) is 2.83. The summed E-state index contributed by atoms with van der Waals surface area (Å²) in [6.07, 6.45) is -7.36. The van der Waals surface area contributed by atoms with Gasteiger partial charge < -0.3 is 5.11 Å². The van der Waals surface area contributed by atoms with Crippen molar-refractivity contribution in [3.63, 3.8) is 0 Å². The predicted octanol–water partition coefficient (Wildman–Crippen LogP) is 2.77. The molecule has 0 amide bonds. The highest BCUT2D eigenvalue weighted by Crippen LogP contribution is 2.33. The van der Waals surface area contributed by atoms with E-state index in [0.717, 1.165) is 10.9 Å². The van der Waals surface area contributed by atoms with Gasteiger partial charge in [0.05, 0.1) is 17.0 Å². The Kier molecular flexibility index (Phi) is 3.94. The fraction of sp³-hybridized carbons (Fsp3) is 0.250. The Hall–Kier alpha value is -2.42. The normalized spacial score (nSPS) is 13.1. The van der Waals surface area contributed by atoms with Crippen molar-refractivity contribution in [2.45, 2.75) is 18.7 Å². The number of benzene rings is 1. The van der Waals surface area contributed by atoms with Crippen LogP contribution in [0.5, 0.6) is 0 Å². The first-order chi connectivity index (χ1) is 9.78. The SMILES string of the molecule is O=[N+]([O-])c1cn(-c2ccccc2)nc1C(O)CC(F)(F)F. The van der Waals surface area contributed by atoms with Crippen molar-refractivity contribution in [3.8, 4) is 5.69 Å². The first-order valence-corrected chi connectivity index (χ1v) is 5.82. The quantitative estimate of drug-likeness (QED) is 0.695. The maximum absolute atomic E-state index is 12.3. The van der Waals surface area contributed by atoms with Gasteiger partial charge in [-0.15, -0.1) is 0 Å². The van der Waals surface area contributed by atoms with Crippen molar-refractivity contribution < 1.29 is 23.2 Å². The number of alkyl halides is 3. The zero-order valence-electron chi connectivity index (χ0n) is 10.5. The molecule has 0 aliphatic heterocycles. The van der Waals surface area contributed by atoms with Crippen LogP contribution in [-0.4, -0.2) is 26.0 Å². The summed E-state index contributed by atoms with van der Waals surface area (Å²) in [5, 5.41) is 24.2. The van der Waals surface area contributed by atoms with Crippen molar-refractivity contribution in [2.24, 2.45) is 0 Å². The molecule has 0 bridgehead atoms. The Bertz CT molecular complexity index is 640. The highest BCUT2D eigenvalue weighted by Gasteiger charge is 2.36. The van der Waals surface area contributed by atoms with E-state index in [0.29, 0.717) is 5.69 Å². The molecule has 0 spiro atoms. The Morgan fingerprint density at radius 1 is 1.33 bits per heavy atom. The lowest BCUT2D eigenvalue weighted by molar-refractivity contribution is -0.386. The fourth-order valence-electron chi connectivity index (χ4n) is 1.79. The molecule has 1 atom stereocenters. The molecule has 0 radical (unpaired) electrons. The lowest BCUT2D eigenvalue weighted by Gasteiger charge is -2.10. The summed E-state index contributed by atoms with van der Waals surface area (Å²) < 4.78 is 37.9. The fourth-order valence-corrected chi connectivity index (χ4v) is 1.79. The number of halogens is 3. The number of nitrogens with zero attached hydrogens (tertiary/aromatic N) is 3. The topological polar surface area (TPSA) is 81.2 Å². The van der Waals surface area contributed by atoms with Gasteiger partial charge >= 0.3 is 11.9 Å². The van der Waals surface area contributed by atoms with Crippen molar-refractivity contribution >= 4 is 5.69 Å².